The van der Waals surface area contributed by atoms with Gasteiger partial charge in [-0.3, -0.25) is 9.69 Å². The fraction of sp³-hybridized carbons (Fsp3) is 0.333. The summed E-state index contributed by atoms with van der Waals surface area (Å²) in [7, 11) is 0. The number of anilines is 1. The number of benzene rings is 1. The van der Waals surface area contributed by atoms with Crippen LogP contribution in [0.15, 0.2) is 30.3 Å². The topological polar surface area (TPSA) is 66.8 Å². The fourth-order valence-electron chi connectivity index (χ4n) is 1.92. The molecular formula is C12H13NO4. The van der Waals surface area contributed by atoms with Crippen LogP contribution in [-0.2, 0) is 14.3 Å². The lowest BCUT2D eigenvalue weighted by Crippen LogP contribution is -2.69. The Balaban J connectivity index is 2.24. The molecule has 0 unspecified atom stereocenters. The molecule has 90 valence electrons. The number of hydrogen-bond acceptors (Lipinski definition) is 3. The number of carboxylic acids is 1. The molecule has 0 radical (unpaired) electrons. The van der Waals surface area contributed by atoms with Gasteiger partial charge in [-0.1, -0.05) is 18.2 Å². The van der Waals surface area contributed by atoms with E-state index >= 15 is 0 Å². The van der Waals surface area contributed by atoms with Gasteiger partial charge >= 0.3 is 5.97 Å². The summed E-state index contributed by atoms with van der Waals surface area (Å²) in [4.78, 5) is 24.2. The zero-order valence-corrected chi connectivity index (χ0v) is 9.37. The van der Waals surface area contributed by atoms with Crippen molar-refractivity contribution in [3.8, 4) is 0 Å². The number of ether oxygens (including phenoxy) is 1. The van der Waals surface area contributed by atoms with E-state index in [1.807, 2.05) is 6.07 Å². The van der Waals surface area contributed by atoms with Crippen molar-refractivity contribution in [3.63, 3.8) is 0 Å². The number of hydrogen-bond donors (Lipinski definition) is 1. The molecule has 0 bridgehead atoms. The first-order valence-corrected chi connectivity index (χ1v) is 5.39. The highest BCUT2D eigenvalue weighted by molar-refractivity contribution is 6.12. The predicted molar refractivity (Wildman–Crippen MR) is 60.8 cm³/mol. The van der Waals surface area contributed by atoms with Crippen LogP contribution in [0.4, 0.5) is 5.69 Å². The number of amides is 1. The van der Waals surface area contributed by atoms with E-state index in [1.54, 1.807) is 31.2 Å². The molecule has 5 nitrogen and oxygen atoms in total. The molecule has 5 heteroatoms. The Kier molecular flexibility index (Phi) is 3.10. The Bertz CT molecular complexity index is 431. The number of rotatable bonds is 4. The van der Waals surface area contributed by atoms with Crippen molar-refractivity contribution in [2.45, 2.75) is 19.1 Å². The number of carbonyl (C=O) groups excluding carboxylic acids is 1. The van der Waals surface area contributed by atoms with Crippen LogP contribution in [0.1, 0.15) is 6.92 Å². The highest BCUT2D eigenvalue weighted by Crippen LogP contribution is 2.30. The van der Waals surface area contributed by atoms with Gasteiger partial charge < -0.3 is 9.84 Å². The molecule has 1 aromatic rings. The number of carboxylic acid groups (broad SMARTS) is 1. The molecule has 17 heavy (non-hydrogen) atoms. The van der Waals surface area contributed by atoms with Crippen molar-refractivity contribution in [1.29, 1.82) is 0 Å². The SMILES string of the molecule is CCO[C@@H]1C(=O)N(c2ccccc2)[C@H]1C(=O)O. The minimum atomic E-state index is -1.05. The average Bonchev–Trinajstić information content (AvgIpc) is 2.33. The maximum atomic E-state index is 11.8. The molecule has 1 fully saturated rings. The second-order valence-electron chi connectivity index (χ2n) is 3.70. The minimum Gasteiger partial charge on any atom is -0.480 e. The molecule has 2 atom stereocenters. The number of nitrogens with zero attached hydrogens (tertiary/aromatic N) is 1. The lowest BCUT2D eigenvalue weighted by Gasteiger charge is -2.43. The standard InChI is InChI=1S/C12H13NO4/c1-2-17-10-9(12(15)16)13(11(10)14)8-6-4-3-5-7-8/h3-7,9-10H,2H2,1H3,(H,15,16)/t9-,10+/m1/s1. The third-order valence-corrected chi connectivity index (χ3v) is 2.68. The van der Waals surface area contributed by atoms with Gasteiger partial charge in [0.1, 0.15) is 0 Å². The van der Waals surface area contributed by atoms with E-state index in [-0.39, 0.29) is 5.91 Å². The van der Waals surface area contributed by atoms with Crippen molar-refractivity contribution in [3.05, 3.63) is 30.3 Å². The first kappa shape index (κ1) is 11.6. The van der Waals surface area contributed by atoms with Crippen LogP contribution in [0.2, 0.25) is 0 Å². The van der Waals surface area contributed by atoms with Crippen LogP contribution >= 0.6 is 0 Å². The van der Waals surface area contributed by atoms with Crippen LogP contribution < -0.4 is 4.90 Å². The highest BCUT2D eigenvalue weighted by atomic mass is 16.5. The van der Waals surface area contributed by atoms with Gasteiger partial charge in [-0.25, -0.2) is 4.79 Å². The smallest absolute Gasteiger partial charge is 0.330 e. The Labute approximate surface area is 98.6 Å². The van der Waals surface area contributed by atoms with Gasteiger partial charge in [0.25, 0.3) is 5.91 Å². The Morgan fingerprint density at radius 3 is 2.59 bits per heavy atom. The molecule has 0 aliphatic carbocycles. The molecule has 0 spiro atoms. The summed E-state index contributed by atoms with van der Waals surface area (Å²) in [5.74, 6) is -1.35. The van der Waals surface area contributed by atoms with Gasteiger partial charge in [-0.05, 0) is 19.1 Å². The van der Waals surface area contributed by atoms with Crippen molar-refractivity contribution in [1.82, 2.24) is 0 Å². The molecule has 2 rings (SSSR count). The highest BCUT2D eigenvalue weighted by Gasteiger charge is 2.53. The van der Waals surface area contributed by atoms with Crippen molar-refractivity contribution >= 4 is 17.6 Å². The summed E-state index contributed by atoms with van der Waals surface area (Å²) in [6, 6.07) is 7.81. The van der Waals surface area contributed by atoms with Gasteiger partial charge in [-0.15, -0.1) is 0 Å². The number of para-hydroxylation sites is 1. The van der Waals surface area contributed by atoms with Crippen LogP contribution in [0.25, 0.3) is 0 Å². The summed E-state index contributed by atoms with van der Waals surface area (Å²) in [5.41, 5.74) is 0.584. The third kappa shape index (κ3) is 1.89. The Morgan fingerprint density at radius 2 is 2.06 bits per heavy atom. The first-order valence-electron chi connectivity index (χ1n) is 5.39. The maximum Gasteiger partial charge on any atom is 0.330 e. The van der Waals surface area contributed by atoms with E-state index in [4.69, 9.17) is 9.84 Å². The third-order valence-electron chi connectivity index (χ3n) is 2.68. The van der Waals surface area contributed by atoms with Crippen LogP contribution in [0, 0.1) is 0 Å². The predicted octanol–water partition coefficient (Wildman–Crippen LogP) is 0.891. The van der Waals surface area contributed by atoms with E-state index < -0.39 is 18.1 Å². The molecule has 1 aliphatic rings. The van der Waals surface area contributed by atoms with Crippen molar-refractivity contribution < 1.29 is 19.4 Å². The molecule has 1 aliphatic heterocycles. The number of carbonyl (C=O) groups is 2. The van der Waals surface area contributed by atoms with Crippen LogP contribution in [-0.4, -0.2) is 35.7 Å². The zero-order valence-electron chi connectivity index (χ0n) is 9.37. The Morgan fingerprint density at radius 1 is 1.41 bits per heavy atom. The quantitative estimate of drug-likeness (QED) is 0.787. The summed E-state index contributed by atoms with van der Waals surface area (Å²) in [6.45, 7) is 2.06. The molecule has 1 amide bonds. The van der Waals surface area contributed by atoms with Gasteiger partial charge in [0, 0.05) is 12.3 Å². The fourth-order valence-corrected chi connectivity index (χ4v) is 1.92. The van der Waals surface area contributed by atoms with Gasteiger partial charge in [0.05, 0.1) is 0 Å². The second kappa shape index (κ2) is 4.55. The summed E-state index contributed by atoms with van der Waals surface area (Å²) >= 11 is 0. The molecule has 1 N–H and O–H groups in total. The monoisotopic (exact) mass is 235 g/mol. The molecular weight excluding hydrogens is 222 g/mol. The minimum absolute atomic E-state index is 0.301. The lowest BCUT2D eigenvalue weighted by atomic mass is 9.96. The van der Waals surface area contributed by atoms with Crippen LogP contribution in [0.5, 0.6) is 0 Å². The summed E-state index contributed by atoms with van der Waals surface area (Å²) < 4.78 is 5.14. The van der Waals surface area contributed by atoms with E-state index in [9.17, 15) is 9.59 Å². The first-order chi connectivity index (χ1) is 8.16. The molecule has 0 saturated carbocycles. The largest absolute Gasteiger partial charge is 0.480 e. The van der Waals surface area contributed by atoms with Crippen LogP contribution in [0.3, 0.4) is 0 Å². The molecule has 1 saturated heterocycles. The van der Waals surface area contributed by atoms with Crippen molar-refractivity contribution in [2.75, 3.05) is 11.5 Å². The normalized spacial score (nSPS) is 23.4. The van der Waals surface area contributed by atoms with E-state index in [1.165, 1.54) is 4.90 Å². The lowest BCUT2D eigenvalue weighted by molar-refractivity contribution is -0.157. The Hall–Kier alpha value is -1.88. The number of β-lactam (4-membered cyclic amide) rings is 1. The number of aliphatic carboxylic acids is 1. The van der Waals surface area contributed by atoms with Gasteiger partial charge in [0.15, 0.2) is 12.1 Å². The van der Waals surface area contributed by atoms with E-state index in [2.05, 4.69) is 0 Å². The second-order valence-corrected chi connectivity index (χ2v) is 3.70. The van der Waals surface area contributed by atoms with Crippen molar-refractivity contribution in [2.24, 2.45) is 0 Å². The molecule has 1 heterocycles. The summed E-state index contributed by atoms with van der Waals surface area (Å²) in [6.07, 6.45) is -0.863. The van der Waals surface area contributed by atoms with E-state index in [0.29, 0.717) is 12.3 Å². The van der Waals surface area contributed by atoms with Gasteiger partial charge in [-0.2, -0.15) is 0 Å². The zero-order chi connectivity index (χ0) is 12.4. The van der Waals surface area contributed by atoms with Gasteiger partial charge in [0.2, 0.25) is 0 Å². The molecule has 0 aromatic heterocycles. The average molecular weight is 235 g/mol. The van der Waals surface area contributed by atoms with E-state index in [0.717, 1.165) is 0 Å². The molecule has 1 aromatic carbocycles. The summed E-state index contributed by atoms with van der Waals surface area (Å²) in [5, 5.41) is 9.11. The maximum absolute atomic E-state index is 11.8.